The van der Waals surface area contributed by atoms with Gasteiger partial charge in [0.25, 0.3) is 5.91 Å². The smallest absolute Gasteiger partial charge is 0.274 e. The highest BCUT2D eigenvalue weighted by Gasteiger charge is 2.09. The van der Waals surface area contributed by atoms with E-state index in [-0.39, 0.29) is 11.4 Å². The maximum atomic E-state index is 13.1. The molecule has 2 N–H and O–H groups in total. The second kappa shape index (κ2) is 8.35. The summed E-state index contributed by atoms with van der Waals surface area (Å²) in [5, 5.41) is 5.69. The predicted octanol–water partition coefficient (Wildman–Crippen LogP) is 2.98. The molecule has 1 aromatic carbocycles. The fourth-order valence-corrected chi connectivity index (χ4v) is 2.03. The van der Waals surface area contributed by atoms with E-state index in [4.69, 9.17) is 0 Å². The Morgan fingerprint density at radius 2 is 1.88 bits per heavy atom. The summed E-state index contributed by atoms with van der Waals surface area (Å²) in [5.41, 5.74) is 1.18. The molecule has 2 aromatic rings. The van der Waals surface area contributed by atoms with Gasteiger partial charge >= 0.3 is 0 Å². The lowest BCUT2D eigenvalue weighted by molar-refractivity contribution is 0.102. The molecule has 0 atom stereocenters. The minimum Gasteiger partial charge on any atom is -0.384 e. The van der Waals surface area contributed by atoms with Crippen molar-refractivity contribution in [1.29, 1.82) is 0 Å². The zero-order valence-electron chi connectivity index (χ0n) is 13.6. The second-order valence-corrected chi connectivity index (χ2v) is 5.60. The van der Waals surface area contributed by atoms with E-state index in [9.17, 15) is 13.6 Å². The molecule has 0 unspecified atom stereocenters. The summed E-state index contributed by atoms with van der Waals surface area (Å²) >= 11 is 0. The topological polar surface area (TPSA) is 57.3 Å². The number of hydrogen-bond donors (Lipinski definition) is 2. The number of pyridine rings is 1. The van der Waals surface area contributed by atoms with Crippen molar-refractivity contribution in [2.24, 2.45) is 0 Å². The van der Waals surface area contributed by atoms with Crippen molar-refractivity contribution in [2.45, 2.75) is 6.42 Å². The number of amides is 1. The molecule has 2 rings (SSSR count). The van der Waals surface area contributed by atoms with Crippen LogP contribution in [0, 0.1) is 11.6 Å². The molecule has 5 nitrogen and oxygen atoms in total. The van der Waals surface area contributed by atoms with Gasteiger partial charge in [0, 0.05) is 18.3 Å². The van der Waals surface area contributed by atoms with Gasteiger partial charge < -0.3 is 15.5 Å². The Hall–Kier alpha value is -2.54. The third-order valence-corrected chi connectivity index (χ3v) is 3.28. The molecule has 1 aromatic heterocycles. The molecule has 24 heavy (non-hydrogen) atoms. The number of nitrogens with zero attached hydrogens (tertiary/aromatic N) is 2. The highest BCUT2D eigenvalue weighted by atomic mass is 19.2. The van der Waals surface area contributed by atoms with Crippen LogP contribution in [0.2, 0.25) is 0 Å². The molecule has 0 fully saturated rings. The van der Waals surface area contributed by atoms with Gasteiger partial charge in [-0.15, -0.1) is 0 Å². The van der Waals surface area contributed by atoms with E-state index in [0.29, 0.717) is 0 Å². The number of carbonyl (C=O) groups excluding carboxylic acids is 1. The van der Waals surface area contributed by atoms with Crippen LogP contribution >= 0.6 is 0 Å². The first kappa shape index (κ1) is 17.8. The highest BCUT2D eigenvalue weighted by Crippen LogP contribution is 2.14. The van der Waals surface area contributed by atoms with Crippen LogP contribution < -0.4 is 10.6 Å². The largest absolute Gasteiger partial charge is 0.384 e. The van der Waals surface area contributed by atoms with Crippen molar-refractivity contribution in [3.8, 4) is 0 Å². The molecule has 128 valence electrons. The first-order valence-corrected chi connectivity index (χ1v) is 7.57. The summed E-state index contributed by atoms with van der Waals surface area (Å²) < 4.78 is 26.0. The lowest BCUT2D eigenvalue weighted by Gasteiger charge is -2.10. The molecular formula is C17H20F2N4O. The van der Waals surface area contributed by atoms with Crippen molar-refractivity contribution in [3.05, 3.63) is 53.9 Å². The number of anilines is 2. The number of nitrogens with one attached hydrogen (secondary N) is 2. The lowest BCUT2D eigenvalue weighted by Crippen LogP contribution is -2.17. The summed E-state index contributed by atoms with van der Waals surface area (Å²) in [6.45, 7) is 1.79. The number of rotatable bonds is 7. The summed E-state index contributed by atoms with van der Waals surface area (Å²) in [6, 6.07) is 6.50. The van der Waals surface area contributed by atoms with Gasteiger partial charge in [-0.05, 0) is 51.3 Å². The van der Waals surface area contributed by atoms with Crippen molar-refractivity contribution < 1.29 is 13.6 Å². The number of benzene rings is 1. The molecule has 1 heterocycles. The molecule has 0 aliphatic carbocycles. The number of carbonyl (C=O) groups is 1. The Morgan fingerprint density at radius 1 is 1.12 bits per heavy atom. The van der Waals surface area contributed by atoms with Gasteiger partial charge in [0.15, 0.2) is 11.6 Å². The zero-order valence-corrected chi connectivity index (χ0v) is 13.6. The normalized spacial score (nSPS) is 10.7. The average molecular weight is 334 g/mol. The predicted molar refractivity (Wildman–Crippen MR) is 90.2 cm³/mol. The molecule has 1 amide bonds. The summed E-state index contributed by atoms with van der Waals surface area (Å²) in [6.07, 6.45) is 2.56. The molecule has 0 bridgehead atoms. The highest BCUT2D eigenvalue weighted by molar-refractivity contribution is 6.02. The number of hydrogen-bond acceptors (Lipinski definition) is 4. The van der Waals surface area contributed by atoms with Crippen molar-refractivity contribution >= 4 is 17.3 Å². The van der Waals surface area contributed by atoms with Crippen LogP contribution in [-0.4, -0.2) is 43.0 Å². The molecule has 0 saturated heterocycles. The van der Waals surface area contributed by atoms with E-state index < -0.39 is 17.5 Å². The van der Waals surface area contributed by atoms with E-state index in [0.717, 1.165) is 37.3 Å². The summed E-state index contributed by atoms with van der Waals surface area (Å²) in [4.78, 5) is 18.2. The Kier molecular flexibility index (Phi) is 6.20. The molecule has 0 radical (unpaired) electrons. The third-order valence-electron chi connectivity index (χ3n) is 3.28. The Labute approximate surface area is 139 Å². The van der Waals surface area contributed by atoms with Crippen LogP contribution in [0.4, 0.5) is 20.2 Å². The molecule has 0 spiro atoms. The third kappa shape index (κ3) is 5.27. The van der Waals surface area contributed by atoms with E-state index in [1.54, 1.807) is 18.3 Å². The second-order valence-electron chi connectivity index (χ2n) is 5.60. The Balaban J connectivity index is 1.89. The van der Waals surface area contributed by atoms with Gasteiger partial charge in [-0.1, -0.05) is 0 Å². The van der Waals surface area contributed by atoms with E-state index in [1.165, 1.54) is 6.07 Å². The fourth-order valence-electron chi connectivity index (χ4n) is 2.03. The fraction of sp³-hybridized carbons (Fsp3) is 0.294. The first-order valence-electron chi connectivity index (χ1n) is 7.57. The van der Waals surface area contributed by atoms with Crippen LogP contribution in [0.25, 0.3) is 0 Å². The van der Waals surface area contributed by atoms with Crippen LogP contribution in [-0.2, 0) is 0 Å². The quantitative estimate of drug-likeness (QED) is 0.765. The number of aromatic nitrogens is 1. The maximum Gasteiger partial charge on any atom is 0.274 e. The van der Waals surface area contributed by atoms with E-state index in [2.05, 4.69) is 20.5 Å². The lowest BCUT2D eigenvalue weighted by atomic mass is 10.2. The standard InChI is InChI=1S/C17H20F2N4O/c1-23(2)9-3-8-20-13-5-7-16(21-11-13)17(24)22-12-4-6-14(18)15(19)10-12/h4-7,10-11,20H,3,8-9H2,1-2H3,(H,22,24). The molecule has 0 aliphatic rings. The minimum absolute atomic E-state index is 0.173. The van der Waals surface area contributed by atoms with Crippen molar-refractivity contribution in [2.75, 3.05) is 37.8 Å². The van der Waals surface area contributed by atoms with Gasteiger partial charge in [0.2, 0.25) is 0 Å². The Bertz CT molecular complexity index is 689. The maximum absolute atomic E-state index is 13.1. The molecular weight excluding hydrogens is 314 g/mol. The van der Waals surface area contributed by atoms with Crippen molar-refractivity contribution in [1.82, 2.24) is 9.88 Å². The average Bonchev–Trinajstić information content (AvgIpc) is 2.55. The Morgan fingerprint density at radius 3 is 2.50 bits per heavy atom. The van der Waals surface area contributed by atoms with Crippen LogP contribution in [0.1, 0.15) is 16.9 Å². The summed E-state index contributed by atoms with van der Waals surface area (Å²) in [7, 11) is 4.03. The molecule has 7 heteroatoms. The zero-order chi connectivity index (χ0) is 17.5. The van der Waals surface area contributed by atoms with Crippen molar-refractivity contribution in [3.63, 3.8) is 0 Å². The van der Waals surface area contributed by atoms with Gasteiger partial charge in [-0.25, -0.2) is 13.8 Å². The summed E-state index contributed by atoms with van der Waals surface area (Å²) in [5.74, 6) is -2.46. The van der Waals surface area contributed by atoms with Gasteiger partial charge in [-0.2, -0.15) is 0 Å². The van der Waals surface area contributed by atoms with E-state index in [1.807, 2.05) is 14.1 Å². The van der Waals surface area contributed by atoms with Gasteiger partial charge in [-0.3, -0.25) is 4.79 Å². The van der Waals surface area contributed by atoms with Gasteiger partial charge in [0.1, 0.15) is 5.69 Å². The van der Waals surface area contributed by atoms with Gasteiger partial charge in [0.05, 0.1) is 11.9 Å². The molecule has 0 saturated carbocycles. The SMILES string of the molecule is CN(C)CCCNc1ccc(C(=O)Nc2ccc(F)c(F)c2)nc1. The monoisotopic (exact) mass is 334 g/mol. The first-order chi connectivity index (χ1) is 11.5. The van der Waals surface area contributed by atoms with E-state index >= 15 is 0 Å². The van der Waals surface area contributed by atoms with Crippen LogP contribution in [0.3, 0.4) is 0 Å². The molecule has 0 aliphatic heterocycles. The van der Waals surface area contributed by atoms with Crippen LogP contribution in [0.5, 0.6) is 0 Å². The van der Waals surface area contributed by atoms with Crippen LogP contribution in [0.15, 0.2) is 36.5 Å². The number of halogens is 2. The minimum atomic E-state index is -1.02.